The fraction of sp³-hybridized carbons (Fsp3) is 0.211. The van der Waals surface area contributed by atoms with Gasteiger partial charge in [-0.05, 0) is 11.1 Å². The molecule has 1 aromatic heterocycles. The minimum absolute atomic E-state index is 0.00923. The first-order valence-electron chi connectivity index (χ1n) is 8.37. The lowest BCUT2D eigenvalue weighted by molar-refractivity contribution is -0.148. The molecule has 5 nitrogen and oxygen atoms in total. The third-order valence-electron chi connectivity index (χ3n) is 4.52. The summed E-state index contributed by atoms with van der Waals surface area (Å²) in [6, 6.07) is 17.8. The molecule has 4 rings (SSSR count). The predicted octanol–water partition coefficient (Wildman–Crippen LogP) is 3.50. The number of carbonyl (C=O) groups is 1. The van der Waals surface area contributed by atoms with Gasteiger partial charge in [0.15, 0.2) is 5.82 Å². The highest BCUT2D eigenvalue weighted by Gasteiger charge is 2.45. The lowest BCUT2D eigenvalue weighted by atomic mass is 9.93. The van der Waals surface area contributed by atoms with Crippen molar-refractivity contribution in [3.8, 4) is 0 Å². The number of hydrogen-bond donors (Lipinski definition) is 0. The van der Waals surface area contributed by atoms with Gasteiger partial charge < -0.3 is 0 Å². The second-order valence-corrected chi connectivity index (χ2v) is 6.30. The van der Waals surface area contributed by atoms with Gasteiger partial charge in [0.1, 0.15) is 0 Å². The summed E-state index contributed by atoms with van der Waals surface area (Å²) >= 11 is 0. The molecule has 0 bridgehead atoms. The SMILES string of the molecule is O=C1C[C@@H](c2ccccc2)c2nnc(C(F)(F)F)n2N1Cc1ccccc1. The van der Waals surface area contributed by atoms with E-state index in [1.165, 1.54) is 0 Å². The smallest absolute Gasteiger partial charge is 0.273 e. The standard InChI is InChI=1S/C19H15F3N4O/c20-19(21,22)18-24-23-17-15(14-9-5-2-6-10-14)11-16(27)25(26(17)18)12-13-7-3-1-4-8-13/h1-10,15H,11-12H2/t15-/m0/s1. The summed E-state index contributed by atoms with van der Waals surface area (Å²) in [4.78, 5) is 12.8. The lowest BCUT2D eigenvalue weighted by Crippen LogP contribution is -2.47. The second-order valence-electron chi connectivity index (χ2n) is 6.30. The fourth-order valence-electron chi connectivity index (χ4n) is 3.27. The van der Waals surface area contributed by atoms with E-state index in [1.54, 1.807) is 54.6 Å². The quantitative estimate of drug-likeness (QED) is 0.707. The molecule has 1 amide bonds. The molecule has 138 valence electrons. The minimum atomic E-state index is -4.72. The molecule has 0 aliphatic carbocycles. The van der Waals surface area contributed by atoms with Crippen LogP contribution in [0, 0.1) is 0 Å². The Kier molecular flexibility index (Phi) is 4.18. The number of amides is 1. The van der Waals surface area contributed by atoms with Gasteiger partial charge in [0.25, 0.3) is 5.82 Å². The molecular weight excluding hydrogens is 357 g/mol. The molecule has 1 aliphatic rings. The second kappa shape index (κ2) is 6.53. The maximum atomic E-state index is 13.5. The predicted molar refractivity (Wildman–Crippen MR) is 91.3 cm³/mol. The van der Waals surface area contributed by atoms with Crippen molar-refractivity contribution in [3.63, 3.8) is 0 Å². The van der Waals surface area contributed by atoms with Crippen molar-refractivity contribution in [1.29, 1.82) is 0 Å². The Hall–Kier alpha value is -3.16. The van der Waals surface area contributed by atoms with Crippen LogP contribution in [0.5, 0.6) is 0 Å². The molecule has 0 N–H and O–H groups in total. The summed E-state index contributed by atoms with van der Waals surface area (Å²) < 4.78 is 41.4. The van der Waals surface area contributed by atoms with Crippen LogP contribution in [0.3, 0.4) is 0 Å². The summed E-state index contributed by atoms with van der Waals surface area (Å²) in [6.07, 6.45) is -4.69. The first-order valence-corrected chi connectivity index (χ1v) is 8.37. The Labute approximate surface area is 153 Å². The van der Waals surface area contributed by atoms with E-state index in [1.807, 2.05) is 6.07 Å². The number of aromatic nitrogens is 3. The van der Waals surface area contributed by atoms with Crippen molar-refractivity contribution in [2.45, 2.75) is 25.1 Å². The third kappa shape index (κ3) is 3.18. The Morgan fingerprint density at radius 2 is 1.59 bits per heavy atom. The summed E-state index contributed by atoms with van der Waals surface area (Å²) in [6.45, 7) is 0.00923. The van der Waals surface area contributed by atoms with Crippen molar-refractivity contribution in [3.05, 3.63) is 83.4 Å². The van der Waals surface area contributed by atoms with Crippen molar-refractivity contribution in [2.75, 3.05) is 5.01 Å². The van der Waals surface area contributed by atoms with E-state index in [4.69, 9.17) is 0 Å². The highest BCUT2D eigenvalue weighted by atomic mass is 19.4. The molecule has 0 saturated heterocycles. The van der Waals surface area contributed by atoms with Gasteiger partial charge in [0.05, 0.1) is 12.5 Å². The van der Waals surface area contributed by atoms with Gasteiger partial charge >= 0.3 is 6.18 Å². The number of benzene rings is 2. The lowest BCUT2D eigenvalue weighted by Gasteiger charge is -2.33. The van der Waals surface area contributed by atoms with Crippen LogP contribution in [0.15, 0.2) is 60.7 Å². The molecule has 0 unspecified atom stereocenters. The minimum Gasteiger partial charge on any atom is -0.273 e. The zero-order valence-corrected chi connectivity index (χ0v) is 14.1. The highest BCUT2D eigenvalue weighted by molar-refractivity contribution is 5.88. The van der Waals surface area contributed by atoms with E-state index in [9.17, 15) is 18.0 Å². The molecule has 2 aromatic carbocycles. The number of halogens is 3. The average molecular weight is 372 g/mol. The van der Waals surface area contributed by atoms with E-state index in [0.29, 0.717) is 0 Å². The monoisotopic (exact) mass is 372 g/mol. The highest BCUT2D eigenvalue weighted by Crippen LogP contribution is 2.36. The molecule has 27 heavy (non-hydrogen) atoms. The number of hydrogen-bond acceptors (Lipinski definition) is 3. The number of nitrogens with zero attached hydrogens (tertiary/aromatic N) is 4. The zero-order chi connectivity index (χ0) is 19.0. The van der Waals surface area contributed by atoms with E-state index in [0.717, 1.165) is 20.8 Å². The topological polar surface area (TPSA) is 51.0 Å². The number of carbonyl (C=O) groups excluding carboxylic acids is 1. The number of fused-ring (bicyclic) bond motifs is 1. The molecule has 8 heteroatoms. The summed E-state index contributed by atoms with van der Waals surface area (Å²) in [5.74, 6) is -2.06. The van der Waals surface area contributed by atoms with Gasteiger partial charge in [0, 0.05) is 6.42 Å². The zero-order valence-electron chi connectivity index (χ0n) is 14.1. The van der Waals surface area contributed by atoms with Crippen molar-refractivity contribution < 1.29 is 18.0 Å². The van der Waals surface area contributed by atoms with Crippen molar-refractivity contribution in [1.82, 2.24) is 14.9 Å². The van der Waals surface area contributed by atoms with E-state index in [2.05, 4.69) is 10.2 Å². The maximum absolute atomic E-state index is 13.5. The molecular formula is C19H15F3N4O. The van der Waals surface area contributed by atoms with Crippen LogP contribution < -0.4 is 5.01 Å². The molecule has 0 saturated carbocycles. The van der Waals surface area contributed by atoms with Gasteiger partial charge in [-0.25, -0.2) is 9.69 Å². The molecule has 1 aliphatic heterocycles. The molecule has 0 spiro atoms. The summed E-state index contributed by atoms with van der Waals surface area (Å²) in [5, 5.41) is 8.25. The normalized spacial score (nSPS) is 17.1. The van der Waals surface area contributed by atoms with Gasteiger partial charge in [0.2, 0.25) is 5.91 Å². The fourth-order valence-corrected chi connectivity index (χ4v) is 3.27. The molecule has 2 heterocycles. The van der Waals surface area contributed by atoms with Gasteiger partial charge in [-0.3, -0.25) is 4.79 Å². The van der Waals surface area contributed by atoms with Crippen LogP contribution in [0.2, 0.25) is 0 Å². The van der Waals surface area contributed by atoms with Crippen molar-refractivity contribution >= 4 is 5.91 Å². The third-order valence-corrected chi connectivity index (χ3v) is 4.52. The van der Waals surface area contributed by atoms with E-state index >= 15 is 0 Å². The Bertz CT molecular complexity index is 954. The summed E-state index contributed by atoms with van der Waals surface area (Å²) in [7, 11) is 0. The van der Waals surface area contributed by atoms with Gasteiger partial charge in [-0.15, -0.1) is 10.2 Å². The van der Waals surface area contributed by atoms with Crippen LogP contribution in [0.4, 0.5) is 13.2 Å². The van der Waals surface area contributed by atoms with Crippen LogP contribution in [-0.4, -0.2) is 20.8 Å². The Morgan fingerprint density at radius 3 is 2.22 bits per heavy atom. The van der Waals surface area contributed by atoms with Crippen LogP contribution in [0.25, 0.3) is 0 Å². The van der Waals surface area contributed by atoms with Gasteiger partial charge in [-0.1, -0.05) is 60.7 Å². The van der Waals surface area contributed by atoms with E-state index in [-0.39, 0.29) is 18.8 Å². The summed E-state index contributed by atoms with van der Waals surface area (Å²) in [5.41, 5.74) is 1.45. The van der Waals surface area contributed by atoms with Gasteiger partial charge in [-0.2, -0.15) is 13.2 Å². The number of alkyl halides is 3. The Balaban J connectivity index is 1.83. The molecule has 1 atom stereocenters. The van der Waals surface area contributed by atoms with Crippen LogP contribution in [-0.2, 0) is 17.5 Å². The van der Waals surface area contributed by atoms with E-state index < -0.39 is 23.8 Å². The average Bonchev–Trinajstić information content (AvgIpc) is 3.11. The van der Waals surface area contributed by atoms with Crippen LogP contribution >= 0.6 is 0 Å². The maximum Gasteiger partial charge on any atom is 0.453 e. The van der Waals surface area contributed by atoms with Crippen LogP contribution in [0.1, 0.15) is 35.1 Å². The Morgan fingerprint density at radius 1 is 0.963 bits per heavy atom. The largest absolute Gasteiger partial charge is 0.453 e. The first kappa shape index (κ1) is 17.3. The first-order chi connectivity index (χ1) is 12.9. The molecule has 0 fully saturated rings. The molecule has 0 radical (unpaired) electrons. The van der Waals surface area contributed by atoms with Crippen molar-refractivity contribution in [2.24, 2.45) is 0 Å². The molecule has 3 aromatic rings. The number of rotatable bonds is 3.